The monoisotopic (exact) mass is 403 g/mol. The number of hydrogen-bond donors (Lipinski definition) is 2. The van der Waals surface area contributed by atoms with E-state index in [1.54, 1.807) is 31.3 Å². The molecule has 4 nitrogen and oxygen atoms in total. The number of aromatic nitrogens is 1. The van der Waals surface area contributed by atoms with E-state index in [0.717, 1.165) is 0 Å². The Hall–Kier alpha value is -2.60. The molecule has 0 bridgehead atoms. The molecule has 0 fully saturated rings. The molecule has 1 aliphatic rings. The molecule has 0 saturated carbocycles. The number of nitrogens with zero attached hydrogens (tertiary/aromatic N) is 1. The average Bonchev–Trinajstić information content (AvgIpc) is 3.00. The standard InChI is InChI=1S/C21H20ClF2N3O/c1-4-28-27-16-9-21(2,3)26-15-8-14(23)17(19(24)18(15)16)12-7-5-6-11-13(22)10-25-20(11)12/h5-8,10,25-26H,4,9H2,1-3H3. The molecule has 4 rings (SSSR count). The number of halogens is 3. The second kappa shape index (κ2) is 6.78. The molecule has 0 unspecified atom stereocenters. The van der Waals surface area contributed by atoms with Crippen LogP contribution in [0.5, 0.6) is 0 Å². The Labute approximate surface area is 166 Å². The van der Waals surface area contributed by atoms with Crippen LogP contribution in [0.4, 0.5) is 14.5 Å². The summed E-state index contributed by atoms with van der Waals surface area (Å²) in [6.07, 6.45) is 2.05. The van der Waals surface area contributed by atoms with Gasteiger partial charge >= 0.3 is 0 Å². The molecule has 7 heteroatoms. The first kappa shape index (κ1) is 18.7. The number of anilines is 1. The molecule has 0 saturated heterocycles. The topological polar surface area (TPSA) is 49.4 Å². The van der Waals surface area contributed by atoms with Gasteiger partial charge < -0.3 is 15.1 Å². The van der Waals surface area contributed by atoms with Crippen LogP contribution < -0.4 is 5.32 Å². The van der Waals surface area contributed by atoms with Gasteiger partial charge in [0, 0.05) is 34.8 Å². The zero-order valence-corrected chi connectivity index (χ0v) is 16.5. The summed E-state index contributed by atoms with van der Waals surface area (Å²) in [4.78, 5) is 8.22. The van der Waals surface area contributed by atoms with Crippen molar-refractivity contribution in [2.75, 3.05) is 11.9 Å². The minimum Gasteiger partial charge on any atom is -0.396 e. The highest BCUT2D eigenvalue weighted by Gasteiger charge is 2.34. The molecule has 0 spiro atoms. The summed E-state index contributed by atoms with van der Waals surface area (Å²) in [5.41, 5.74) is 1.52. The fourth-order valence-corrected chi connectivity index (χ4v) is 3.92. The Morgan fingerprint density at radius 1 is 1.25 bits per heavy atom. The second-order valence-corrected chi connectivity index (χ2v) is 7.88. The number of hydrogen-bond acceptors (Lipinski definition) is 3. The van der Waals surface area contributed by atoms with E-state index in [-0.39, 0.29) is 11.1 Å². The zero-order valence-electron chi connectivity index (χ0n) is 15.8. The predicted octanol–water partition coefficient (Wildman–Crippen LogP) is 6.10. The lowest BCUT2D eigenvalue weighted by molar-refractivity contribution is 0.157. The van der Waals surface area contributed by atoms with Gasteiger partial charge in [-0.25, -0.2) is 8.78 Å². The molecule has 0 amide bonds. The van der Waals surface area contributed by atoms with Crippen molar-refractivity contribution in [3.8, 4) is 11.1 Å². The minimum atomic E-state index is -0.672. The van der Waals surface area contributed by atoms with Crippen LogP contribution in [-0.2, 0) is 4.84 Å². The summed E-state index contributed by atoms with van der Waals surface area (Å²) in [6.45, 7) is 6.06. The third-order valence-corrected chi connectivity index (χ3v) is 5.14. The number of aromatic amines is 1. The normalized spacial score (nSPS) is 16.9. The lowest BCUT2D eigenvalue weighted by Crippen LogP contribution is -2.39. The van der Waals surface area contributed by atoms with Gasteiger partial charge in [0.1, 0.15) is 18.2 Å². The third-order valence-electron chi connectivity index (χ3n) is 4.83. The lowest BCUT2D eigenvalue weighted by atomic mass is 9.85. The van der Waals surface area contributed by atoms with Crippen molar-refractivity contribution in [2.45, 2.75) is 32.7 Å². The molecule has 28 heavy (non-hydrogen) atoms. The molecule has 1 aliphatic heterocycles. The molecule has 0 radical (unpaired) electrons. The van der Waals surface area contributed by atoms with E-state index < -0.39 is 17.2 Å². The Bertz CT molecular complexity index is 1100. The van der Waals surface area contributed by atoms with E-state index in [4.69, 9.17) is 16.4 Å². The smallest absolute Gasteiger partial charge is 0.145 e. The van der Waals surface area contributed by atoms with Crippen LogP contribution in [0.1, 0.15) is 32.8 Å². The highest BCUT2D eigenvalue weighted by molar-refractivity contribution is 6.36. The van der Waals surface area contributed by atoms with E-state index in [2.05, 4.69) is 15.5 Å². The first-order chi connectivity index (χ1) is 13.3. The summed E-state index contributed by atoms with van der Waals surface area (Å²) in [7, 11) is 0. The van der Waals surface area contributed by atoms with E-state index in [0.29, 0.717) is 45.9 Å². The van der Waals surface area contributed by atoms with Crippen LogP contribution in [0, 0.1) is 11.6 Å². The number of H-pyrrole nitrogens is 1. The molecule has 0 atom stereocenters. The van der Waals surface area contributed by atoms with E-state index in [1.165, 1.54) is 6.07 Å². The summed E-state index contributed by atoms with van der Waals surface area (Å²) in [5, 5.41) is 8.52. The van der Waals surface area contributed by atoms with Crippen LogP contribution in [0.15, 0.2) is 35.6 Å². The van der Waals surface area contributed by atoms with E-state index in [9.17, 15) is 0 Å². The van der Waals surface area contributed by atoms with Crippen LogP contribution in [0.2, 0.25) is 5.02 Å². The average molecular weight is 404 g/mol. The van der Waals surface area contributed by atoms with Gasteiger partial charge in [0.15, 0.2) is 0 Å². The van der Waals surface area contributed by atoms with Crippen LogP contribution >= 0.6 is 11.6 Å². The minimum absolute atomic E-state index is 0.117. The second-order valence-electron chi connectivity index (χ2n) is 7.48. The van der Waals surface area contributed by atoms with Gasteiger partial charge in [-0.15, -0.1) is 0 Å². The Kier molecular flexibility index (Phi) is 4.54. The molecule has 3 aromatic rings. The summed E-state index contributed by atoms with van der Waals surface area (Å²) < 4.78 is 30.8. The number of nitrogens with one attached hydrogen (secondary N) is 2. The fraction of sp³-hybridized carbons (Fsp3) is 0.286. The highest BCUT2D eigenvalue weighted by Crippen LogP contribution is 2.41. The summed E-state index contributed by atoms with van der Waals surface area (Å²) >= 11 is 6.17. The van der Waals surface area contributed by atoms with Gasteiger partial charge in [-0.05, 0) is 26.8 Å². The molecule has 2 N–H and O–H groups in total. The SMILES string of the molecule is CCON=C1CC(C)(C)Nc2cc(F)c(-c3cccc4c(Cl)c[nH]c34)c(F)c21. The quantitative estimate of drug-likeness (QED) is 0.519. The Morgan fingerprint density at radius 2 is 2.04 bits per heavy atom. The van der Waals surface area contributed by atoms with E-state index in [1.807, 2.05) is 13.8 Å². The largest absolute Gasteiger partial charge is 0.396 e. The Balaban J connectivity index is 1.99. The maximum Gasteiger partial charge on any atom is 0.145 e. The molecule has 146 valence electrons. The maximum atomic E-state index is 15.7. The molecular formula is C21H20ClF2N3O. The molecule has 2 aromatic carbocycles. The summed E-state index contributed by atoms with van der Waals surface area (Å²) in [6, 6.07) is 6.52. The van der Waals surface area contributed by atoms with E-state index >= 15 is 8.78 Å². The van der Waals surface area contributed by atoms with Crippen molar-refractivity contribution in [2.24, 2.45) is 5.16 Å². The molecule has 2 heterocycles. The maximum absolute atomic E-state index is 15.7. The van der Waals surface area contributed by atoms with Crippen molar-refractivity contribution in [3.05, 3.63) is 52.7 Å². The van der Waals surface area contributed by atoms with Crippen molar-refractivity contribution < 1.29 is 13.6 Å². The lowest BCUT2D eigenvalue weighted by Gasteiger charge is -2.35. The van der Waals surface area contributed by atoms with Gasteiger partial charge in [-0.1, -0.05) is 35.0 Å². The first-order valence-electron chi connectivity index (χ1n) is 9.07. The van der Waals surface area contributed by atoms with Gasteiger partial charge in [-0.3, -0.25) is 0 Å². The zero-order chi connectivity index (χ0) is 20.1. The number of fused-ring (bicyclic) bond motifs is 2. The Morgan fingerprint density at radius 3 is 2.79 bits per heavy atom. The fourth-order valence-electron chi connectivity index (χ4n) is 3.71. The van der Waals surface area contributed by atoms with Crippen LogP contribution in [0.25, 0.3) is 22.0 Å². The molecular weight excluding hydrogens is 384 g/mol. The predicted molar refractivity (Wildman–Crippen MR) is 109 cm³/mol. The molecule has 1 aromatic heterocycles. The third kappa shape index (κ3) is 3.02. The number of para-hydroxylation sites is 1. The van der Waals surface area contributed by atoms with Crippen LogP contribution in [0.3, 0.4) is 0 Å². The van der Waals surface area contributed by atoms with Gasteiger partial charge in [0.2, 0.25) is 0 Å². The van der Waals surface area contributed by atoms with Gasteiger partial charge in [-0.2, -0.15) is 0 Å². The van der Waals surface area contributed by atoms with Gasteiger partial charge in [0.05, 0.1) is 27.4 Å². The number of oxime groups is 1. The highest BCUT2D eigenvalue weighted by atomic mass is 35.5. The van der Waals surface area contributed by atoms with Crippen molar-refractivity contribution in [1.82, 2.24) is 4.98 Å². The van der Waals surface area contributed by atoms with Crippen molar-refractivity contribution in [1.29, 1.82) is 0 Å². The van der Waals surface area contributed by atoms with Crippen molar-refractivity contribution >= 4 is 33.9 Å². The molecule has 0 aliphatic carbocycles. The summed E-state index contributed by atoms with van der Waals surface area (Å²) in [5.74, 6) is -1.33. The number of benzene rings is 2. The first-order valence-corrected chi connectivity index (χ1v) is 9.45. The van der Waals surface area contributed by atoms with Gasteiger partial charge in [0.25, 0.3) is 0 Å². The number of rotatable bonds is 3. The van der Waals surface area contributed by atoms with Crippen LogP contribution in [-0.4, -0.2) is 22.8 Å². The van der Waals surface area contributed by atoms with Crippen molar-refractivity contribution in [3.63, 3.8) is 0 Å².